The maximum Gasteiger partial charge on any atom is 0.344 e. The Morgan fingerprint density at radius 2 is 1.59 bits per heavy atom. The topological polar surface area (TPSA) is 43.4 Å². The molecule has 0 unspecified atom stereocenters. The number of carbonyl (C=O) groups is 2. The molecule has 0 aromatic heterocycles. The molecule has 0 radical (unpaired) electrons. The second-order valence-corrected chi connectivity index (χ2v) is 7.42. The lowest BCUT2D eigenvalue weighted by atomic mass is 10.1. The van der Waals surface area contributed by atoms with Crippen LogP contribution in [0.4, 0.5) is 0 Å². The summed E-state index contributed by atoms with van der Waals surface area (Å²) in [5.74, 6) is -0.137. The van der Waals surface area contributed by atoms with E-state index in [2.05, 4.69) is 31.9 Å². The fourth-order valence-corrected chi connectivity index (χ4v) is 3.06. The highest BCUT2D eigenvalue weighted by Crippen LogP contribution is 2.20. The molecular weight excluding hydrogens is 472 g/mol. The smallest absolute Gasteiger partial charge is 0.344 e. The van der Waals surface area contributed by atoms with E-state index in [1.807, 2.05) is 24.3 Å². The fraction of sp³-hybridized carbons (Fsp3) is 0. The molecule has 27 heavy (non-hydrogen) atoms. The minimum absolute atomic E-state index is 0.0990. The first-order valence-corrected chi connectivity index (χ1v) is 9.66. The van der Waals surface area contributed by atoms with Gasteiger partial charge in [0.1, 0.15) is 5.75 Å². The number of hydrogen-bond acceptors (Lipinski definition) is 3. The van der Waals surface area contributed by atoms with Gasteiger partial charge in [-0.1, -0.05) is 46.3 Å². The van der Waals surface area contributed by atoms with Gasteiger partial charge in [-0.3, -0.25) is 4.79 Å². The molecule has 3 aromatic rings. The van der Waals surface area contributed by atoms with E-state index in [1.54, 1.807) is 54.6 Å². The summed E-state index contributed by atoms with van der Waals surface area (Å²) in [6.07, 6.45) is 3.19. The third-order valence-corrected chi connectivity index (χ3v) is 4.94. The van der Waals surface area contributed by atoms with Crippen molar-refractivity contribution in [2.24, 2.45) is 0 Å². The van der Waals surface area contributed by atoms with Crippen LogP contribution in [0.5, 0.6) is 5.75 Å². The van der Waals surface area contributed by atoms with Gasteiger partial charge in [0.2, 0.25) is 0 Å². The highest BCUT2D eigenvalue weighted by atomic mass is 79.9. The molecule has 0 heterocycles. The third kappa shape index (κ3) is 5.25. The Morgan fingerprint density at radius 1 is 0.852 bits per heavy atom. The van der Waals surface area contributed by atoms with Crippen LogP contribution >= 0.6 is 31.9 Å². The molecule has 3 rings (SSSR count). The summed E-state index contributed by atoms with van der Waals surface area (Å²) >= 11 is 6.69. The number of rotatable bonds is 5. The van der Waals surface area contributed by atoms with Crippen LogP contribution in [0.1, 0.15) is 26.3 Å². The first-order valence-electron chi connectivity index (χ1n) is 8.08. The predicted octanol–water partition coefficient (Wildman–Crippen LogP) is 6.33. The summed E-state index contributed by atoms with van der Waals surface area (Å²) in [5, 5.41) is 0. The average molecular weight is 486 g/mol. The molecule has 3 aromatic carbocycles. The fourth-order valence-electron chi connectivity index (χ4n) is 2.35. The summed E-state index contributed by atoms with van der Waals surface area (Å²) in [4.78, 5) is 24.5. The average Bonchev–Trinajstić information content (AvgIpc) is 2.67. The van der Waals surface area contributed by atoms with E-state index in [-0.39, 0.29) is 5.78 Å². The zero-order valence-electron chi connectivity index (χ0n) is 14.1. The first kappa shape index (κ1) is 19.3. The van der Waals surface area contributed by atoms with Crippen molar-refractivity contribution in [3.05, 3.63) is 105 Å². The Hall–Kier alpha value is -2.50. The van der Waals surface area contributed by atoms with Crippen molar-refractivity contribution in [2.75, 3.05) is 0 Å². The maximum absolute atomic E-state index is 12.3. The molecular formula is C22H14Br2O3. The Bertz CT molecular complexity index is 1010. The lowest BCUT2D eigenvalue weighted by Crippen LogP contribution is -2.09. The molecule has 0 atom stereocenters. The summed E-state index contributed by atoms with van der Waals surface area (Å²) in [6.45, 7) is 0. The van der Waals surface area contributed by atoms with Gasteiger partial charge in [-0.2, -0.15) is 0 Å². The van der Waals surface area contributed by atoms with E-state index in [0.717, 1.165) is 10.0 Å². The number of ketones is 1. The van der Waals surface area contributed by atoms with Gasteiger partial charge in [0.15, 0.2) is 5.78 Å². The number of hydrogen-bond donors (Lipinski definition) is 0. The van der Waals surface area contributed by atoms with Crippen molar-refractivity contribution in [3.8, 4) is 5.75 Å². The summed E-state index contributed by atoms with van der Waals surface area (Å²) < 4.78 is 7.03. The standard InChI is InChI=1S/C22H14Br2O3/c23-17-11-9-16(10-12-17)21(25)13-8-15-4-3-5-18(14-15)27-22(26)19-6-1-2-7-20(19)24/h1-14H. The zero-order valence-corrected chi connectivity index (χ0v) is 17.2. The molecule has 3 nitrogen and oxygen atoms in total. The quantitative estimate of drug-likeness (QED) is 0.183. The third-order valence-electron chi connectivity index (χ3n) is 3.72. The summed E-state index contributed by atoms with van der Waals surface area (Å²) in [5.41, 5.74) is 1.81. The number of ether oxygens (including phenoxy) is 1. The molecule has 0 aliphatic rings. The van der Waals surface area contributed by atoms with Crippen LogP contribution < -0.4 is 4.74 Å². The van der Waals surface area contributed by atoms with Crippen molar-refractivity contribution < 1.29 is 14.3 Å². The van der Waals surface area contributed by atoms with E-state index < -0.39 is 5.97 Å². The molecule has 0 fully saturated rings. The van der Waals surface area contributed by atoms with Crippen LogP contribution in [-0.2, 0) is 0 Å². The van der Waals surface area contributed by atoms with Crippen molar-refractivity contribution in [2.45, 2.75) is 0 Å². The molecule has 134 valence electrons. The SMILES string of the molecule is O=C(C=Cc1cccc(OC(=O)c2ccccc2Br)c1)c1ccc(Br)cc1. The van der Waals surface area contributed by atoms with Gasteiger partial charge in [-0.15, -0.1) is 0 Å². The molecule has 0 saturated heterocycles. The highest BCUT2D eigenvalue weighted by Gasteiger charge is 2.11. The molecule has 0 N–H and O–H groups in total. The lowest BCUT2D eigenvalue weighted by Gasteiger charge is -2.06. The van der Waals surface area contributed by atoms with Crippen LogP contribution in [0.15, 0.2) is 87.8 Å². The molecule has 5 heteroatoms. The molecule has 0 aliphatic heterocycles. The van der Waals surface area contributed by atoms with Gasteiger partial charge in [0.05, 0.1) is 5.56 Å². The Kier molecular flexibility index (Phi) is 6.37. The van der Waals surface area contributed by atoms with Crippen molar-refractivity contribution >= 4 is 49.7 Å². The summed E-state index contributed by atoms with van der Waals surface area (Å²) in [7, 11) is 0. The molecule has 0 bridgehead atoms. The molecule has 0 aliphatic carbocycles. The van der Waals surface area contributed by atoms with Crippen molar-refractivity contribution in [1.29, 1.82) is 0 Å². The zero-order chi connectivity index (χ0) is 19.2. The predicted molar refractivity (Wildman–Crippen MR) is 113 cm³/mol. The minimum Gasteiger partial charge on any atom is -0.423 e. The van der Waals surface area contributed by atoms with E-state index in [1.165, 1.54) is 6.08 Å². The van der Waals surface area contributed by atoms with Gasteiger partial charge in [0.25, 0.3) is 0 Å². The second kappa shape index (κ2) is 8.93. The van der Waals surface area contributed by atoms with E-state index in [9.17, 15) is 9.59 Å². The van der Waals surface area contributed by atoms with Crippen LogP contribution in [0.3, 0.4) is 0 Å². The second-order valence-electron chi connectivity index (χ2n) is 5.65. The van der Waals surface area contributed by atoms with Gasteiger partial charge >= 0.3 is 5.97 Å². The van der Waals surface area contributed by atoms with Crippen LogP contribution in [0, 0.1) is 0 Å². The van der Waals surface area contributed by atoms with Crippen molar-refractivity contribution in [3.63, 3.8) is 0 Å². The van der Waals surface area contributed by atoms with Crippen molar-refractivity contribution in [1.82, 2.24) is 0 Å². The van der Waals surface area contributed by atoms with Crippen LogP contribution in [0.2, 0.25) is 0 Å². The Labute approximate surface area is 173 Å². The molecule has 0 saturated carbocycles. The van der Waals surface area contributed by atoms with E-state index in [0.29, 0.717) is 21.3 Å². The number of allylic oxidation sites excluding steroid dienone is 1. The van der Waals surface area contributed by atoms with E-state index >= 15 is 0 Å². The van der Waals surface area contributed by atoms with Gasteiger partial charge in [0, 0.05) is 14.5 Å². The molecule has 0 spiro atoms. The Morgan fingerprint density at radius 3 is 2.33 bits per heavy atom. The largest absolute Gasteiger partial charge is 0.423 e. The Balaban J connectivity index is 1.72. The molecule has 0 amide bonds. The van der Waals surface area contributed by atoms with Gasteiger partial charge < -0.3 is 4.74 Å². The number of halogens is 2. The maximum atomic E-state index is 12.3. The van der Waals surface area contributed by atoms with Gasteiger partial charge in [-0.05, 0) is 76.1 Å². The lowest BCUT2D eigenvalue weighted by molar-refractivity contribution is 0.0733. The first-order chi connectivity index (χ1) is 13.0. The van der Waals surface area contributed by atoms with E-state index in [4.69, 9.17) is 4.74 Å². The minimum atomic E-state index is -0.449. The number of esters is 1. The number of carbonyl (C=O) groups excluding carboxylic acids is 2. The summed E-state index contributed by atoms with van der Waals surface area (Å²) in [6, 6.07) is 21.2. The normalized spacial score (nSPS) is 10.7. The highest BCUT2D eigenvalue weighted by molar-refractivity contribution is 9.10. The number of benzene rings is 3. The monoisotopic (exact) mass is 484 g/mol. The van der Waals surface area contributed by atoms with Gasteiger partial charge in [-0.25, -0.2) is 4.79 Å². The van der Waals surface area contributed by atoms with Crippen LogP contribution in [0.25, 0.3) is 6.08 Å². The van der Waals surface area contributed by atoms with Crippen LogP contribution in [-0.4, -0.2) is 11.8 Å².